The van der Waals surface area contributed by atoms with Crippen LogP contribution in [0.2, 0.25) is 51.9 Å². The minimum absolute atomic E-state index is 0.301. The minimum Gasteiger partial charge on any atom is -0.465 e. The van der Waals surface area contributed by atoms with E-state index in [-0.39, 0.29) is 5.97 Å². The molecule has 0 aromatic heterocycles. The Morgan fingerprint density at radius 2 is 1.33 bits per heavy atom. The van der Waals surface area contributed by atoms with E-state index in [4.69, 9.17) is 13.0 Å². The van der Waals surface area contributed by atoms with E-state index in [1.54, 1.807) is 0 Å². The summed E-state index contributed by atoms with van der Waals surface area (Å²) in [5, 5.41) is 0. The third kappa shape index (κ3) is 7.89. The van der Waals surface area contributed by atoms with E-state index in [1.165, 1.54) is 12.7 Å². The van der Waals surface area contributed by atoms with Gasteiger partial charge in [-0.3, -0.25) is 0 Å². The maximum atomic E-state index is 11.5. The standard InChI is InChI=1S/C17H32O4Si3/c1-19-17(18)16-11-9-15(10-12-16)13-14-24(8,20-22(2,3)4)21-23(5,6)7/h9-12H,13-14H2,1-8H3. The van der Waals surface area contributed by atoms with Gasteiger partial charge in [0, 0.05) is 0 Å². The highest BCUT2D eigenvalue weighted by molar-refractivity contribution is 6.87. The van der Waals surface area contributed by atoms with Gasteiger partial charge in [0.2, 0.25) is 0 Å². The molecule has 1 rings (SSSR count). The molecular formula is C17H32O4Si3. The summed E-state index contributed by atoms with van der Waals surface area (Å²) in [4.78, 5) is 11.5. The average Bonchev–Trinajstić information content (AvgIpc) is 2.41. The van der Waals surface area contributed by atoms with E-state index in [9.17, 15) is 4.79 Å². The molecule has 0 atom stereocenters. The molecule has 0 aliphatic carbocycles. The predicted octanol–water partition coefficient (Wildman–Crippen LogP) is 4.79. The van der Waals surface area contributed by atoms with Crippen molar-refractivity contribution < 1.29 is 17.8 Å². The molecule has 1 aromatic carbocycles. The number of aryl methyl sites for hydroxylation is 1. The van der Waals surface area contributed by atoms with Crippen molar-refractivity contribution in [3.63, 3.8) is 0 Å². The second-order valence-electron chi connectivity index (χ2n) is 8.25. The Morgan fingerprint density at radius 1 is 0.875 bits per heavy atom. The van der Waals surface area contributed by atoms with E-state index in [0.717, 1.165) is 12.5 Å². The van der Waals surface area contributed by atoms with Crippen LogP contribution in [0.25, 0.3) is 0 Å². The lowest BCUT2D eigenvalue weighted by atomic mass is 10.1. The number of esters is 1. The molecule has 0 N–H and O–H groups in total. The molecule has 0 saturated heterocycles. The molecule has 0 saturated carbocycles. The number of carbonyl (C=O) groups is 1. The van der Waals surface area contributed by atoms with Gasteiger partial charge in [-0.1, -0.05) is 12.1 Å². The van der Waals surface area contributed by atoms with Crippen molar-refractivity contribution in [2.24, 2.45) is 0 Å². The van der Waals surface area contributed by atoms with Gasteiger partial charge in [-0.2, -0.15) is 0 Å². The zero-order chi connectivity index (χ0) is 18.6. The van der Waals surface area contributed by atoms with Crippen LogP contribution >= 0.6 is 0 Å². The topological polar surface area (TPSA) is 44.8 Å². The van der Waals surface area contributed by atoms with Crippen molar-refractivity contribution >= 4 is 31.2 Å². The van der Waals surface area contributed by atoms with Crippen LogP contribution in [-0.4, -0.2) is 38.3 Å². The summed E-state index contributed by atoms with van der Waals surface area (Å²) >= 11 is 0. The van der Waals surface area contributed by atoms with E-state index >= 15 is 0 Å². The van der Waals surface area contributed by atoms with Crippen LogP contribution in [0.4, 0.5) is 0 Å². The molecule has 0 aliphatic heterocycles. The van der Waals surface area contributed by atoms with Gasteiger partial charge < -0.3 is 13.0 Å². The molecule has 0 bridgehead atoms. The monoisotopic (exact) mass is 384 g/mol. The van der Waals surface area contributed by atoms with E-state index in [0.29, 0.717) is 5.56 Å². The van der Waals surface area contributed by atoms with Gasteiger partial charge in [0.25, 0.3) is 0 Å². The summed E-state index contributed by atoms with van der Waals surface area (Å²) in [6.07, 6.45) is 0.902. The second-order valence-corrected chi connectivity index (χ2v) is 21.1. The average molecular weight is 385 g/mol. The number of carbonyl (C=O) groups excluding carboxylic acids is 1. The van der Waals surface area contributed by atoms with Crippen LogP contribution < -0.4 is 0 Å². The first-order chi connectivity index (χ1) is 10.8. The highest BCUT2D eigenvalue weighted by atomic mass is 28.5. The van der Waals surface area contributed by atoms with Gasteiger partial charge in [0.1, 0.15) is 0 Å². The number of ether oxygens (including phenoxy) is 1. The summed E-state index contributed by atoms with van der Waals surface area (Å²) in [7, 11) is -4.14. The van der Waals surface area contributed by atoms with Crippen LogP contribution in [0.15, 0.2) is 24.3 Å². The number of benzene rings is 1. The molecule has 0 amide bonds. The minimum atomic E-state index is -2.21. The zero-order valence-corrected chi connectivity index (χ0v) is 19.4. The largest absolute Gasteiger partial charge is 0.465 e. The Hall–Kier alpha value is -0.739. The first-order valence-electron chi connectivity index (χ1n) is 8.41. The molecule has 1 aromatic rings. The summed E-state index contributed by atoms with van der Waals surface area (Å²) in [6, 6.07) is 8.55. The molecular weight excluding hydrogens is 352 g/mol. The maximum Gasteiger partial charge on any atom is 0.337 e. The van der Waals surface area contributed by atoms with Crippen molar-refractivity contribution in [2.75, 3.05) is 7.11 Å². The fraction of sp³-hybridized carbons (Fsp3) is 0.588. The molecule has 136 valence electrons. The van der Waals surface area contributed by atoms with E-state index in [2.05, 4.69) is 45.8 Å². The number of hydrogen-bond donors (Lipinski definition) is 0. The van der Waals surface area contributed by atoms with Crippen molar-refractivity contribution in [1.82, 2.24) is 0 Å². The smallest absolute Gasteiger partial charge is 0.337 e. The summed E-state index contributed by atoms with van der Waals surface area (Å²) in [5.41, 5.74) is 1.78. The first kappa shape index (κ1) is 21.3. The molecule has 0 fully saturated rings. The third-order valence-electron chi connectivity index (χ3n) is 3.29. The lowest BCUT2D eigenvalue weighted by Gasteiger charge is -2.38. The SMILES string of the molecule is COC(=O)c1ccc(CC[Si](C)(O[Si](C)(C)C)O[Si](C)(C)C)cc1. The summed E-state index contributed by atoms with van der Waals surface area (Å²) in [6.45, 7) is 15.5. The highest BCUT2D eigenvalue weighted by Crippen LogP contribution is 2.26. The van der Waals surface area contributed by atoms with Crippen molar-refractivity contribution in [2.45, 2.75) is 58.3 Å². The molecule has 24 heavy (non-hydrogen) atoms. The molecule has 0 radical (unpaired) electrons. The van der Waals surface area contributed by atoms with Gasteiger partial charge in [-0.15, -0.1) is 0 Å². The van der Waals surface area contributed by atoms with Crippen LogP contribution in [-0.2, 0) is 19.4 Å². The van der Waals surface area contributed by atoms with Gasteiger partial charge in [-0.05, 0) is 76.0 Å². The fourth-order valence-electron chi connectivity index (χ4n) is 2.72. The lowest BCUT2D eigenvalue weighted by molar-refractivity contribution is 0.0600. The predicted molar refractivity (Wildman–Crippen MR) is 107 cm³/mol. The Morgan fingerprint density at radius 3 is 1.71 bits per heavy atom. The molecule has 0 heterocycles. The second kappa shape index (κ2) is 8.09. The maximum absolute atomic E-state index is 11.5. The van der Waals surface area contributed by atoms with Gasteiger partial charge in [0.05, 0.1) is 12.7 Å². The van der Waals surface area contributed by atoms with Crippen molar-refractivity contribution in [3.05, 3.63) is 35.4 Å². The van der Waals surface area contributed by atoms with Crippen molar-refractivity contribution in [3.8, 4) is 0 Å². The molecule has 0 unspecified atom stereocenters. The van der Waals surface area contributed by atoms with Gasteiger partial charge in [0.15, 0.2) is 16.6 Å². The Balaban J connectivity index is 2.82. The molecule has 7 heteroatoms. The first-order valence-corrected chi connectivity index (χ1v) is 17.8. The van der Waals surface area contributed by atoms with Crippen LogP contribution in [0.3, 0.4) is 0 Å². The van der Waals surface area contributed by atoms with Gasteiger partial charge in [-0.25, -0.2) is 4.79 Å². The van der Waals surface area contributed by atoms with Crippen LogP contribution in [0.1, 0.15) is 15.9 Å². The Labute approximate surface area is 150 Å². The fourth-order valence-corrected chi connectivity index (χ4v) is 15.2. The third-order valence-corrected chi connectivity index (χ3v) is 12.8. The highest BCUT2D eigenvalue weighted by Gasteiger charge is 2.39. The summed E-state index contributed by atoms with van der Waals surface area (Å²) in [5.74, 6) is -0.301. The molecule has 4 nitrogen and oxygen atoms in total. The lowest BCUT2D eigenvalue weighted by Crippen LogP contribution is -2.52. The quantitative estimate of drug-likeness (QED) is 0.477. The normalized spacial score (nSPS) is 13.0. The van der Waals surface area contributed by atoms with Crippen LogP contribution in [0, 0.1) is 0 Å². The Bertz CT molecular complexity index is 528. The Kier molecular flexibility index (Phi) is 7.18. The summed E-state index contributed by atoms with van der Waals surface area (Å²) < 4.78 is 17.8. The molecule has 0 aliphatic rings. The number of rotatable bonds is 8. The van der Waals surface area contributed by atoms with Crippen LogP contribution in [0.5, 0.6) is 0 Å². The molecule has 0 spiro atoms. The van der Waals surface area contributed by atoms with E-state index in [1.807, 2.05) is 24.3 Å². The number of hydrogen-bond acceptors (Lipinski definition) is 4. The van der Waals surface area contributed by atoms with Gasteiger partial charge >= 0.3 is 14.5 Å². The van der Waals surface area contributed by atoms with Crippen molar-refractivity contribution in [1.29, 1.82) is 0 Å². The number of methoxy groups -OCH3 is 1. The zero-order valence-electron chi connectivity index (χ0n) is 16.4. The van der Waals surface area contributed by atoms with E-state index < -0.39 is 25.2 Å².